The van der Waals surface area contributed by atoms with Crippen molar-refractivity contribution in [3.8, 4) is 5.75 Å². The molecular formula is C20H22N2O6. The number of amides is 1. The Hall–Kier alpha value is -3.42. The minimum absolute atomic E-state index is 0.0313. The monoisotopic (exact) mass is 386 g/mol. The van der Waals surface area contributed by atoms with Gasteiger partial charge in [-0.1, -0.05) is 24.3 Å². The van der Waals surface area contributed by atoms with Crippen molar-refractivity contribution in [1.29, 1.82) is 0 Å². The van der Waals surface area contributed by atoms with E-state index < -0.39 is 22.9 Å². The van der Waals surface area contributed by atoms with E-state index in [-0.39, 0.29) is 24.4 Å². The van der Waals surface area contributed by atoms with Gasteiger partial charge < -0.3 is 14.8 Å². The molecule has 2 rings (SSSR count). The predicted octanol–water partition coefficient (Wildman–Crippen LogP) is 3.55. The van der Waals surface area contributed by atoms with Gasteiger partial charge in [0.1, 0.15) is 11.4 Å². The second-order valence-electron chi connectivity index (χ2n) is 6.26. The van der Waals surface area contributed by atoms with Gasteiger partial charge in [-0.05, 0) is 44.0 Å². The van der Waals surface area contributed by atoms with E-state index in [0.717, 1.165) is 11.1 Å². The fraction of sp³-hybridized carbons (Fsp3) is 0.300. The summed E-state index contributed by atoms with van der Waals surface area (Å²) in [6.45, 7) is 5.36. The first-order valence-corrected chi connectivity index (χ1v) is 8.71. The first-order valence-electron chi connectivity index (χ1n) is 8.71. The molecule has 148 valence electrons. The Kier molecular flexibility index (Phi) is 7.08. The van der Waals surface area contributed by atoms with Crippen LogP contribution in [0.15, 0.2) is 42.5 Å². The van der Waals surface area contributed by atoms with E-state index in [9.17, 15) is 19.7 Å². The van der Waals surface area contributed by atoms with Gasteiger partial charge >= 0.3 is 5.97 Å². The summed E-state index contributed by atoms with van der Waals surface area (Å²) in [5.74, 6) is -0.566. The molecule has 28 heavy (non-hydrogen) atoms. The molecule has 0 saturated heterocycles. The van der Waals surface area contributed by atoms with Gasteiger partial charge in [-0.2, -0.15) is 0 Å². The van der Waals surface area contributed by atoms with Gasteiger partial charge in [0.25, 0.3) is 11.6 Å². The number of carbonyl (C=O) groups excluding carboxylic acids is 2. The molecule has 1 N–H and O–H groups in total. The average Bonchev–Trinajstić information content (AvgIpc) is 2.64. The molecule has 2 aromatic rings. The van der Waals surface area contributed by atoms with Gasteiger partial charge in [-0.25, -0.2) is 0 Å². The lowest BCUT2D eigenvalue weighted by Crippen LogP contribution is -2.30. The van der Waals surface area contributed by atoms with E-state index >= 15 is 0 Å². The zero-order valence-electron chi connectivity index (χ0n) is 15.9. The third-order valence-electron chi connectivity index (χ3n) is 3.94. The van der Waals surface area contributed by atoms with Crippen molar-refractivity contribution in [2.45, 2.75) is 33.3 Å². The quantitative estimate of drug-likeness (QED) is 0.422. The SMILES string of the molecule is Cc1ccc(C)c(OCCC(=O)O[C@H](C)C(=O)Nc2ccccc2[N+](=O)[O-])c1. The number of ether oxygens (including phenoxy) is 2. The highest BCUT2D eigenvalue weighted by Crippen LogP contribution is 2.23. The van der Waals surface area contributed by atoms with E-state index in [2.05, 4.69) is 5.32 Å². The number of aryl methyl sites for hydroxylation is 2. The third kappa shape index (κ3) is 5.80. The topological polar surface area (TPSA) is 108 Å². The van der Waals surface area contributed by atoms with Crippen molar-refractivity contribution in [2.75, 3.05) is 11.9 Å². The number of para-hydroxylation sites is 2. The standard InChI is InChI=1S/C20H22N2O6/c1-13-8-9-14(2)18(12-13)27-11-10-19(23)28-15(3)20(24)21-16-6-4-5-7-17(16)22(25)26/h4-9,12,15H,10-11H2,1-3H3,(H,21,24)/t15-/m1/s1. The number of benzene rings is 2. The highest BCUT2D eigenvalue weighted by Gasteiger charge is 2.21. The average molecular weight is 386 g/mol. The van der Waals surface area contributed by atoms with Crippen LogP contribution in [-0.4, -0.2) is 29.5 Å². The second-order valence-corrected chi connectivity index (χ2v) is 6.26. The molecule has 0 aliphatic carbocycles. The Morgan fingerprint density at radius 2 is 1.89 bits per heavy atom. The van der Waals surface area contributed by atoms with Crippen molar-refractivity contribution in [3.05, 3.63) is 63.7 Å². The lowest BCUT2D eigenvalue weighted by Gasteiger charge is -2.14. The Morgan fingerprint density at radius 1 is 1.18 bits per heavy atom. The van der Waals surface area contributed by atoms with E-state index in [1.807, 2.05) is 32.0 Å². The van der Waals surface area contributed by atoms with Gasteiger partial charge in [0, 0.05) is 6.07 Å². The predicted molar refractivity (Wildman–Crippen MR) is 103 cm³/mol. The number of anilines is 1. The lowest BCUT2D eigenvalue weighted by molar-refractivity contribution is -0.383. The maximum Gasteiger partial charge on any atom is 0.310 e. The summed E-state index contributed by atoms with van der Waals surface area (Å²) in [6, 6.07) is 11.5. The van der Waals surface area contributed by atoms with Crippen LogP contribution in [-0.2, 0) is 14.3 Å². The number of hydrogen-bond donors (Lipinski definition) is 1. The molecule has 8 nitrogen and oxygen atoms in total. The molecule has 0 aliphatic rings. The molecule has 0 saturated carbocycles. The second kappa shape index (κ2) is 9.50. The maximum atomic E-state index is 12.2. The molecule has 8 heteroatoms. The molecule has 2 aromatic carbocycles. The fourth-order valence-electron chi connectivity index (χ4n) is 2.39. The van der Waals surface area contributed by atoms with Crippen LogP contribution < -0.4 is 10.1 Å². The summed E-state index contributed by atoms with van der Waals surface area (Å²) in [7, 11) is 0. The minimum atomic E-state index is -1.10. The van der Waals surface area contributed by atoms with Crippen molar-refractivity contribution in [1.82, 2.24) is 0 Å². The number of hydrogen-bond acceptors (Lipinski definition) is 6. The van der Waals surface area contributed by atoms with Crippen molar-refractivity contribution >= 4 is 23.3 Å². The van der Waals surface area contributed by atoms with E-state index in [4.69, 9.17) is 9.47 Å². The Bertz CT molecular complexity index is 881. The molecule has 1 atom stereocenters. The molecule has 0 heterocycles. The van der Waals surface area contributed by atoms with Crippen LogP contribution >= 0.6 is 0 Å². The number of nitro groups is 1. The van der Waals surface area contributed by atoms with E-state index in [1.54, 1.807) is 6.07 Å². The maximum absolute atomic E-state index is 12.2. The Morgan fingerprint density at radius 3 is 2.61 bits per heavy atom. The van der Waals surface area contributed by atoms with Gasteiger partial charge in [-0.3, -0.25) is 19.7 Å². The summed E-state index contributed by atoms with van der Waals surface area (Å²) in [5, 5.41) is 13.4. The first-order chi connectivity index (χ1) is 13.3. The number of nitrogens with zero attached hydrogens (tertiary/aromatic N) is 1. The molecule has 0 unspecified atom stereocenters. The van der Waals surface area contributed by atoms with E-state index in [0.29, 0.717) is 5.75 Å². The Balaban J connectivity index is 1.84. The lowest BCUT2D eigenvalue weighted by atomic mass is 10.1. The molecule has 0 spiro atoms. The van der Waals surface area contributed by atoms with Crippen molar-refractivity contribution in [2.24, 2.45) is 0 Å². The molecule has 0 fully saturated rings. The van der Waals surface area contributed by atoms with Crippen molar-refractivity contribution in [3.63, 3.8) is 0 Å². The summed E-state index contributed by atoms with van der Waals surface area (Å²) >= 11 is 0. The summed E-state index contributed by atoms with van der Waals surface area (Å²) < 4.78 is 10.7. The van der Waals surface area contributed by atoms with E-state index in [1.165, 1.54) is 25.1 Å². The summed E-state index contributed by atoms with van der Waals surface area (Å²) in [6.07, 6.45) is -1.13. The molecule has 0 aliphatic heterocycles. The third-order valence-corrected chi connectivity index (χ3v) is 3.94. The van der Waals surface area contributed by atoms with Crippen LogP contribution in [0.4, 0.5) is 11.4 Å². The largest absolute Gasteiger partial charge is 0.493 e. The summed E-state index contributed by atoms with van der Waals surface area (Å²) in [5.41, 5.74) is 1.80. The molecular weight excluding hydrogens is 364 g/mol. The van der Waals surface area contributed by atoms with Gasteiger partial charge in [-0.15, -0.1) is 0 Å². The fourth-order valence-corrected chi connectivity index (χ4v) is 2.39. The molecule has 0 radical (unpaired) electrons. The number of nitro benzene ring substituents is 1. The van der Waals surface area contributed by atoms with Crippen LogP contribution in [0.3, 0.4) is 0 Å². The molecule has 0 bridgehead atoms. The summed E-state index contributed by atoms with van der Waals surface area (Å²) in [4.78, 5) is 34.5. The van der Waals surface area contributed by atoms with Gasteiger partial charge in [0.05, 0.1) is 18.0 Å². The minimum Gasteiger partial charge on any atom is -0.493 e. The normalized spacial score (nSPS) is 11.4. The van der Waals surface area contributed by atoms with Crippen LogP contribution in [0.25, 0.3) is 0 Å². The first kappa shape index (κ1) is 20.9. The smallest absolute Gasteiger partial charge is 0.310 e. The van der Waals surface area contributed by atoms with Crippen LogP contribution in [0.1, 0.15) is 24.5 Å². The Labute approximate surface area is 162 Å². The zero-order valence-corrected chi connectivity index (χ0v) is 15.9. The highest BCUT2D eigenvalue weighted by atomic mass is 16.6. The van der Waals surface area contributed by atoms with Crippen LogP contribution in [0.2, 0.25) is 0 Å². The highest BCUT2D eigenvalue weighted by molar-refractivity contribution is 5.96. The number of esters is 1. The molecule has 0 aromatic heterocycles. The van der Waals surface area contributed by atoms with Gasteiger partial charge in [0.15, 0.2) is 6.10 Å². The zero-order chi connectivity index (χ0) is 20.7. The number of carbonyl (C=O) groups is 2. The van der Waals surface area contributed by atoms with Crippen LogP contribution in [0.5, 0.6) is 5.75 Å². The number of rotatable bonds is 8. The number of nitrogens with one attached hydrogen (secondary N) is 1. The van der Waals surface area contributed by atoms with Crippen LogP contribution in [0, 0.1) is 24.0 Å². The van der Waals surface area contributed by atoms with Gasteiger partial charge in [0.2, 0.25) is 0 Å². The molecule has 1 amide bonds. The van der Waals surface area contributed by atoms with Crippen molar-refractivity contribution < 1.29 is 24.0 Å².